The summed E-state index contributed by atoms with van der Waals surface area (Å²) in [6, 6.07) is 19.2. The zero-order valence-electron chi connectivity index (χ0n) is 18.3. The molecule has 1 aromatic heterocycles. The lowest BCUT2D eigenvalue weighted by Crippen LogP contribution is -2.37. The number of furan rings is 1. The molecule has 1 N–H and O–H groups in total. The summed E-state index contributed by atoms with van der Waals surface area (Å²) in [5.41, 5.74) is 1.30. The molecule has 0 bridgehead atoms. The number of hydrogen-bond donors (Lipinski definition) is 1. The maximum atomic E-state index is 13.4. The topological polar surface area (TPSA) is 75.0 Å². The van der Waals surface area contributed by atoms with Crippen molar-refractivity contribution in [2.45, 2.75) is 32.4 Å². The molecule has 3 aromatic rings. The number of para-hydroxylation sites is 1. The SMILES string of the molecule is CCCOc1ccc(NC(=O)CC2C(=O)N(c3ccccc3)C(=S)N2Cc2ccco2)cc1. The normalized spacial score (nSPS) is 15.7. The number of hydrogen-bond acceptors (Lipinski definition) is 5. The van der Waals surface area contributed by atoms with Crippen LogP contribution in [0, 0.1) is 0 Å². The van der Waals surface area contributed by atoms with E-state index in [1.54, 1.807) is 29.4 Å². The molecule has 7 nitrogen and oxygen atoms in total. The van der Waals surface area contributed by atoms with Gasteiger partial charge in [0.15, 0.2) is 5.11 Å². The van der Waals surface area contributed by atoms with Gasteiger partial charge in [0.2, 0.25) is 5.91 Å². The Bertz CT molecular complexity index is 1100. The molecular weight excluding hydrogens is 438 g/mol. The molecule has 2 amide bonds. The molecule has 0 saturated carbocycles. The van der Waals surface area contributed by atoms with Crippen LogP contribution in [0.3, 0.4) is 0 Å². The molecule has 4 rings (SSSR count). The molecule has 1 saturated heterocycles. The van der Waals surface area contributed by atoms with Crippen molar-refractivity contribution in [1.29, 1.82) is 0 Å². The maximum Gasteiger partial charge on any atom is 0.256 e. The van der Waals surface area contributed by atoms with Crippen molar-refractivity contribution >= 4 is 40.5 Å². The van der Waals surface area contributed by atoms with Gasteiger partial charge in [-0.15, -0.1) is 0 Å². The van der Waals surface area contributed by atoms with Crippen molar-refractivity contribution < 1.29 is 18.7 Å². The van der Waals surface area contributed by atoms with Crippen molar-refractivity contribution in [2.75, 3.05) is 16.8 Å². The number of carbonyl (C=O) groups is 2. The smallest absolute Gasteiger partial charge is 0.256 e. The molecule has 33 heavy (non-hydrogen) atoms. The standard InChI is InChI=1S/C25H25N3O4S/c1-2-14-31-20-12-10-18(11-13-20)26-23(29)16-22-24(30)28(19-7-4-3-5-8-19)25(33)27(22)17-21-9-6-15-32-21/h3-13,15,22H,2,14,16-17H2,1H3,(H,26,29). The van der Waals surface area contributed by atoms with Gasteiger partial charge in [-0.2, -0.15) is 0 Å². The second-order valence-corrected chi connectivity index (χ2v) is 8.01. The van der Waals surface area contributed by atoms with Crippen LogP contribution in [0.5, 0.6) is 5.75 Å². The monoisotopic (exact) mass is 463 g/mol. The zero-order chi connectivity index (χ0) is 23.2. The number of rotatable bonds is 9. The summed E-state index contributed by atoms with van der Waals surface area (Å²) in [6.07, 6.45) is 2.45. The van der Waals surface area contributed by atoms with Gasteiger partial charge in [-0.05, 0) is 67.2 Å². The summed E-state index contributed by atoms with van der Waals surface area (Å²) in [4.78, 5) is 29.4. The lowest BCUT2D eigenvalue weighted by molar-refractivity contribution is -0.124. The van der Waals surface area contributed by atoms with Gasteiger partial charge in [-0.25, -0.2) is 0 Å². The molecule has 1 atom stereocenters. The summed E-state index contributed by atoms with van der Waals surface area (Å²) < 4.78 is 11.0. The molecular formula is C25H25N3O4S. The van der Waals surface area contributed by atoms with Gasteiger partial charge in [0.1, 0.15) is 17.6 Å². The van der Waals surface area contributed by atoms with Gasteiger partial charge in [-0.1, -0.05) is 25.1 Å². The van der Waals surface area contributed by atoms with Gasteiger partial charge in [0.05, 0.1) is 31.5 Å². The van der Waals surface area contributed by atoms with Crippen LogP contribution >= 0.6 is 12.2 Å². The molecule has 1 unspecified atom stereocenters. The number of ether oxygens (including phenoxy) is 1. The lowest BCUT2D eigenvalue weighted by Gasteiger charge is -2.22. The highest BCUT2D eigenvalue weighted by Crippen LogP contribution is 2.29. The highest BCUT2D eigenvalue weighted by molar-refractivity contribution is 7.80. The number of benzene rings is 2. The molecule has 2 heterocycles. The largest absolute Gasteiger partial charge is 0.494 e. The Labute approximate surface area is 197 Å². The molecule has 170 valence electrons. The van der Waals surface area contributed by atoms with Crippen LogP contribution < -0.4 is 15.0 Å². The van der Waals surface area contributed by atoms with Crippen molar-refractivity contribution in [2.24, 2.45) is 0 Å². The molecule has 0 radical (unpaired) electrons. The number of nitrogens with zero attached hydrogens (tertiary/aromatic N) is 2. The summed E-state index contributed by atoms with van der Waals surface area (Å²) in [6.45, 7) is 2.97. The van der Waals surface area contributed by atoms with Crippen LogP contribution in [0.4, 0.5) is 11.4 Å². The fourth-order valence-electron chi connectivity index (χ4n) is 3.64. The van der Waals surface area contributed by atoms with Crippen LogP contribution in [-0.2, 0) is 16.1 Å². The van der Waals surface area contributed by atoms with Crippen molar-refractivity contribution in [3.05, 3.63) is 78.8 Å². The summed E-state index contributed by atoms with van der Waals surface area (Å²) >= 11 is 5.65. The van der Waals surface area contributed by atoms with Crippen LogP contribution in [0.15, 0.2) is 77.4 Å². The van der Waals surface area contributed by atoms with E-state index in [0.717, 1.165) is 12.2 Å². The average Bonchev–Trinajstić information content (AvgIpc) is 3.42. The Kier molecular flexibility index (Phi) is 7.04. The second-order valence-electron chi connectivity index (χ2n) is 7.64. The summed E-state index contributed by atoms with van der Waals surface area (Å²) in [7, 11) is 0. The highest BCUT2D eigenvalue weighted by atomic mass is 32.1. The van der Waals surface area contributed by atoms with Crippen LogP contribution in [-0.4, -0.2) is 34.5 Å². The Hall–Kier alpha value is -3.65. The second kappa shape index (κ2) is 10.3. The average molecular weight is 464 g/mol. The van der Waals surface area contributed by atoms with Gasteiger partial charge in [0, 0.05) is 5.69 Å². The first-order chi connectivity index (χ1) is 16.1. The molecule has 1 fully saturated rings. The Morgan fingerprint density at radius 3 is 2.52 bits per heavy atom. The van der Waals surface area contributed by atoms with E-state index < -0.39 is 6.04 Å². The van der Waals surface area contributed by atoms with E-state index >= 15 is 0 Å². The Morgan fingerprint density at radius 1 is 1.09 bits per heavy atom. The van der Waals surface area contributed by atoms with E-state index in [1.165, 1.54) is 4.90 Å². The van der Waals surface area contributed by atoms with E-state index in [2.05, 4.69) is 5.32 Å². The van der Waals surface area contributed by atoms with Gasteiger partial charge in [0.25, 0.3) is 5.91 Å². The molecule has 2 aromatic carbocycles. The van der Waals surface area contributed by atoms with Gasteiger partial charge >= 0.3 is 0 Å². The Morgan fingerprint density at radius 2 is 1.85 bits per heavy atom. The molecule has 0 spiro atoms. The third-order valence-electron chi connectivity index (χ3n) is 5.23. The molecule has 1 aliphatic rings. The fourth-order valence-corrected chi connectivity index (χ4v) is 4.03. The van der Waals surface area contributed by atoms with Gasteiger partial charge < -0.3 is 19.4 Å². The Balaban J connectivity index is 1.50. The molecule has 8 heteroatoms. The minimum Gasteiger partial charge on any atom is -0.494 e. The van der Waals surface area contributed by atoms with Crippen LogP contribution in [0.2, 0.25) is 0 Å². The predicted molar refractivity (Wildman–Crippen MR) is 130 cm³/mol. The number of amides is 2. The minimum atomic E-state index is -0.741. The van der Waals surface area contributed by atoms with Crippen molar-refractivity contribution in [3.8, 4) is 5.75 Å². The van der Waals surface area contributed by atoms with Crippen molar-refractivity contribution in [3.63, 3.8) is 0 Å². The van der Waals surface area contributed by atoms with E-state index in [4.69, 9.17) is 21.4 Å². The van der Waals surface area contributed by atoms with E-state index in [0.29, 0.717) is 35.4 Å². The third-order valence-corrected chi connectivity index (χ3v) is 5.65. The van der Waals surface area contributed by atoms with Crippen LogP contribution in [0.1, 0.15) is 25.5 Å². The molecule has 0 aliphatic carbocycles. The highest BCUT2D eigenvalue weighted by Gasteiger charge is 2.44. The van der Waals surface area contributed by atoms with Crippen LogP contribution in [0.25, 0.3) is 0 Å². The quantitative estimate of drug-likeness (QED) is 0.468. The van der Waals surface area contributed by atoms with E-state index in [9.17, 15) is 9.59 Å². The summed E-state index contributed by atoms with van der Waals surface area (Å²) in [5.74, 6) is 0.886. The maximum absolute atomic E-state index is 13.4. The number of thiocarbonyl (C=S) groups is 1. The first-order valence-corrected chi connectivity index (χ1v) is 11.2. The summed E-state index contributed by atoms with van der Waals surface area (Å²) in [5, 5.41) is 3.21. The first kappa shape index (κ1) is 22.5. The first-order valence-electron chi connectivity index (χ1n) is 10.8. The molecule has 1 aliphatic heterocycles. The fraction of sp³-hybridized carbons (Fsp3) is 0.240. The number of anilines is 2. The lowest BCUT2D eigenvalue weighted by atomic mass is 10.1. The van der Waals surface area contributed by atoms with Crippen molar-refractivity contribution in [1.82, 2.24) is 4.90 Å². The number of nitrogens with one attached hydrogen (secondary N) is 1. The third kappa shape index (κ3) is 5.23. The number of carbonyl (C=O) groups excluding carboxylic acids is 2. The zero-order valence-corrected chi connectivity index (χ0v) is 19.1. The van der Waals surface area contributed by atoms with E-state index in [-0.39, 0.29) is 18.2 Å². The van der Waals surface area contributed by atoms with E-state index in [1.807, 2.05) is 55.5 Å². The minimum absolute atomic E-state index is 0.0445. The van der Waals surface area contributed by atoms with Gasteiger partial charge in [-0.3, -0.25) is 14.5 Å². The predicted octanol–water partition coefficient (Wildman–Crippen LogP) is 4.60.